The number of likely N-dealkylation sites (N-methyl/N-ethyl adjacent to an activating group) is 2. The van der Waals surface area contributed by atoms with Gasteiger partial charge in [-0.25, -0.2) is 0 Å². The Hall–Kier alpha value is -0.570. The van der Waals surface area contributed by atoms with Gasteiger partial charge < -0.3 is 5.32 Å². The van der Waals surface area contributed by atoms with Gasteiger partial charge in [-0.15, -0.1) is 0 Å². The van der Waals surface area contributed by atoms with Crippen molar-refractivity contribution < 1.29 is 0 Å². The molecule has 1 unspecified atom stereocenters. The predicted molar refractivity (Wildman–Crippen MR) is 89.6 cm³/mol. The van der Waals surface area contributed by atoms with Gasteiger partial charge in [0.25, 0.3) is 0 Å². The molecule has 1 rings (SSSR count). The molecule has 2 nitrogen and oxygen atoms in total. The predicted octanol–water partition coefficient (Wildman–Crippen LogP) is 3.98. The van der Waals surface area contributed by atoms with Gasteiger partial charge in [0.05, 0.1) is 0 Å². The summed E-state index contributed by atoms with van der Waals surface area (Å²) >= 11 is 5.97. The van der Waals surface area contributed by atoms with Gasteiger partial charge in [-0.1, -0.05) is 44.5 Å². The summed E-state index contributed by atoms with van der Waals surface area (Å²) in [5, 5.41) is 4.46. The molecule has 0 radical (unpaired) electrons. The van der Waals surface area contributed by atoms with Gasteiger partial charge in [0, 0.05) is 16.6 Å². The van der Waals surface area contributed by atoms with Crippen LogP contribution in [0.5, 0.6) is 0 Å². The van der Waals surface area contributed by atoms with Gasteiger partial charge in [0.2, 0.25) is 0 Å². The maximum atomic E-state index is 5.97. The van der Waals surface area contributed by atoms with Gasteiger partial charge in [-0.2, -0.15) is 0 Å². The van der Waals surface area contributed by atoms with E-state index in [1.807, 2.05) is 12.1 Å². The lowest BCUT2D eigenvalue weighted by Crippen LogP contribution is -2.58. The summed E-state index contributed by atoms with van der Waals surface area (Å²) in [6.07, 6.45) is 1.02. The van der Waals surface area contributed by atoms with Crippen molar-refractivity contribution in [2.75, 3.05) is 19.6 Å². The minimum atomic E-state index is 0.124. The van der Waals surface area contributed by atoms with Crippen LogP contribution in [0.25, 0.3) is 0 Å². The third-order valence-corrected chi connectivity index (χ3v) is 4.49. The van der Waals surface area contributed by atoms with E-state index in [9.17, 15) is 0 Å². The molecule has 1 aromatic rings. The number of nitrogens with one attached hydrogen (secondary N) is 1. The van der Waals surface area contributed by atoms with Crippen LogP contribution in [0.1, 0.15) is 40.2 Å². The van der Waals surface area contributed by atoms with Crippen LogP contribution in [0.3, 0.4) is 0 Å². The van der Waals surface area contributed by atoms with E-state index in [2.05, 4.69) is 57.0 Å². The van der Waals surface area contributed by atoms with E-state index >= 15 is 0 Å². The molecule has 0 aliphatic carbocycles. The summed E-state index contributed by atoms with van der Waals surface area (Å²) in [5.74, 6) is 0. The first-order valence-electron chi connectivity index (χ1n) is 7.68. The first kappa shape index (κ1) is 17.5. The Morgan fingerprint density at radius 2 is 1.65 bits per heavy atom. The Morgan fingerprint density at radius 3 is 2.10 bits per heavy atom. The molecule has 1 aromatic carbocycles. The average Bonchev–Trinajstić information content (AvgIpc) is 2.41. The number of hydrogen-bond donors (Lipinski definition) is 1. The zero-order valence-electron chi connectivity index (χ0n) is 13.5. The maximum Gasteiger partial charge on any atom is 0.0406 e. The smallest absolute Gasteiger partial charge is 0.0406 e. The molecular formula is C17H29ClN2. The van der Waals surface area contributed by atoms with Crippen molar-refractivity contribution in [1.29, 1.82) is 0 Å². The molecule has 0 fully saturated rings. The molecule has 0 aliphatic rings. The van der Waals surface area contributed by atoms with Crippen LogP contribution in [0.4, 0.5) is 0 Å². The molecule has 1 atom stereocenters. The van der Waals surface area contributed by atoms with Gasteiger partial charge in [-0.05, 0) is 57.6 Å². The Morgan fingerprint density at radius 1 is 1.10 bits per heavy atom. The monoisotopic (exact) mass is 296 g/mol. The maximum absolute atomic E-state index is 5.97. The molecule has 0 bridgehead atoms. The summed E-state index contributed by atoms with van der Waals surface area (Å²) in [6.45, 7) is 14.5. The van der Waals surface area contributed by atoms with E-state index in [0.29, 0.717) is 6.04 Å². The summed E-state index contributed by atoms with van der Waals surface area (Å²) in [4.78, 5) is 2.52. The summed E-state index contributed by atoms with van der Waals surface area (Å²) in [7, 11) is 0. The third-order valence-electron chi connectivity index (χ3n) is 4.23. The molecule has 114 valence electrons. The molecule has 1 N–H and O–H groups in total. The second-order valence-corrected chi connectivity index (χ2v) is 6.20. The van der Waals surface area contributed by atoms with Gasteiger partial charge in [0.1, 0.15) is 0 Å². The number of benzene rings is 1. The highest BCUT2D eigenvalue weighted by atomic mass is 35.5. The lowest BCUT2D eigenvalue weighted by Gasteiger charge is -2.44. The minimum Gasteiger partial charge on any atom is -0.312 e. The van der Waals surface area contributed by atoms with Crippen molar-refractivity contribution in [2.45, 2.75) is 52.6 Å². The quantitative estimate of drug-likeness (QED) is 0.780. The zero-order valence-corrected chi connectivity index (χ0v) is 14.3. The Bertz CT molecular complexity index is 382. The second kappa shape index (κ2) is 8.02. The Labute approximate surface area is 129 Å². The van der Waals surface area contributed by atoms with Crippen LogP contribution in [0.2, 0.25) is 5.02 Å². The van der Waals surface area contributed by atoms with Crippen LogP contribution in [-0.2, 0) is 6.42 Å². The number of hydrogen-bond acceptors (Lipinski definition) is 2. The average molecular weight is 297 g/mol. The Kier molecular flexibility index (Phi) is 7.01. The number of nitrogens with zero attached hydrogens (tertiary/aromatic N) is 1. The van der Waals surface area contributed by atoms with Crippen LogP contribution in [0, 0.1) is 0 Å². The number of halogens is 1. The molecule has 0 aromatic heterocycles. The van der Waals surface area contributed by atoms with Crippen molar-refractivity contribution in [2.24, 2.45) is 0 Å². The first-order valence-corrected chi connectivity index (χ1v) is 8.06. The highest BCUT2D eigenvalue weighted by Crippen LogP contribution is 2.22. The SMILES string of the molecule is CCNC(Cc1ccc(Cl)cc1)C(C)(C)N(CC)CC. The summed E-state index contributed by atoms with van der Waals surface area (Å²) < 4.78 is 0. The van der Waals surface area contributed by atoms with Crippen molar-refractivity contribution in [3.05, 3.63) is 34.9 Å². The van der Waals surface area contributed by atoms with Crippen LogP contribution in [-0.4, -0.2) is 36.1 Å². The second-order valence-electron chi connectivity index (χ2n) is 5.77. The molecule has 3 heteroatoms. The molecule has 0 saturated carbocycles. The van der Waals surface area contributed by atoms with Crippen molar-refractivity contribution >= 4 is 11.6 Å². The van der Waals surface area contributed by atoms with E-state index in [-0.39, 0.29) is 5.54 Å². The standard InChI is InChI=1S/C17H29ClN2/c1-6-19-16(17(4,5)20(7-2)8-3)13-14-9-11-15(18)12-10-14/h9-12,16,19H,6-8,13H2,1-5H3. The van der Waals surface area contributed by atoms with Gasteiger partial charge in [-0.3, -0.25) is 4.90 Å². The van der Waals surface area contributed by atoms with E-state index in [1.165, 1.54) is 5.56 Å². The van der Waals surface area contributed by atoms with Crippen LogP contribution < -0.4 is 5.32 Å². The Balaban J connectivity index is 2.89. The van der Waals surface area contributed by atoms with E-state index < -0.39 is 0 Å². The molecule has 0 saturated heterocycles. The fourth-order valence-corrected chi connectivity index (χ4v) is 3.06. The highest BCUT2D eigenvalue weighted by Gasteiger charge is 2.33. The van der Waals surface area contributed by atoms with Crippen LogP contribution >= 0.6 is 11.6 Å². The summed E-state index contributed by atoms with van der Waals surface area (Å²) in [6, 6.07) is 8.64. The van der Waals surface area contributed by atoms with Crippen molar-refractivity contribution in [3.63, 3.8) is 0 Å². The van der Waals surface area contributed by atoms with E-state index in [4.69, 9.17) is 11.6 Å². The third kappa shape index (κ3) is 4.47. The molecular weight excluding hydrogens is 268 g/mol. The topological polar surface area (TPSA) is 15.3 Å². The van der Waals surface area contributed by atoms with Crippen molar-refractivity contribution in [1.82, 2.24) is 10.2 Å². The fraction of sp³-hybridized carbons (Fsp3) is 0.647. The van der Waals surface area contributed by atoms with Crippen LogP contribution in [0.15, 0.2) is 24.3 Å². The van der Waals surface area contributed by atoms with E-state index in [1.54, 1.807) is 0 Å². The normalized spacial score (nSPS) is 13.8. The molecule has 20 heavy (non-hydrogen) atoms. The fourth-order valence-electron chi connectivity index (χ4n) is 2.93. The lowest BCUT2D eigenvalue weighted by molar-refractivity contribution is 0.0918. The van der Waals surface area contributed by atoms with Gasteiger partial charge >= 0.3 is 0 Å². The van der Waals surface area contributed by atoms with Gasteiger partial charge in [0.15, 0.2) is 0 Å². The summed E-state index contributed by atoms with van der Waals surface area (Å²) in [5.41, 5.74) is 1.46. The zero-order chi connectivity index (χ0) is 15.2. The lowest BCUT2D eigenvalue weighted by atomic mass is 9.87. The molecule has 0 heterocycles. The molecule has 0 amide bonds. The van der Waals surface area contributed by atoms with E-state index in [0.717, 1.165) is 31.1 Å². The molecule has 0 spiro atoms. The largest absolute Gasteiger partial charge is 0.312 e. The highest BCUT2D eigenvalue weighted by molar-refractivity contribution is 6.30. The first-order chi connectivity index (χ1) is 9.45. The molecule has 0 aliphatic heterocycles. The van der Waals surface area contributed by atoms with Crippen molar-refractivity contribution in [3.8, 4) is 0 Å². The number of rotatable bonds is 8. The minimum absolute atomic E-state index is 0.124.